The van der Waals surface area contributed by atoms with Gasteiger partial charge in [-0.25, -0.2) is 9.37 Å². The number of benzene rings is 2. The molecule has 2 amide bonds. The van der Waals surface area contributed by atoms with E-state index < -0.39 is 29.6 Å². The number of aryl methyl sites for hydroxylation is 1. The van der Waals surface area contributed by atoms with Crippen molar-refractivity contribution in [2.45, 2.75) is 57.3 Å². The van der Waals surface area contributed by atoms with Gasteiger partial charge in [0, 0.05) is 11.7 Å². The van der Waals surface area contributed by atoms with Crippen molar-refractivity contribution in [3.63, 3.8) is 0 Å². The summed E-state index contributed by atoms with van der Waals surface area (Å²) < 4.78 is 53.0. The number of carbonyl (C=O) groups excluding carboxylic acids is 2. The fraction of sp³-hybridized carbons (Fsp3) is 0.345. The lowest BCUT2D eigenvalue weighted by molar-refractivity contribution is -0.141. The average molecular weight is 543 g/mol. The Bertz CT molecular complexity index is 1290. The molecule has 1 heterocycles. The van der Waals surface area contributed by atoms with E-state index in [0.29, 0.717) is 5.56 Å². The fourth-order valence-electron chi connectivity index (χ4n) is 4.81. The average Bonchev–Trinajstić information content (AvgIpc) is 2.91. The van der Waals surface area contributed by atoms with Gasteiger partial charge in [-0.15, -0.1) is 0 Å². The number of aromatic nitrogens is 1. The van der Waals surface area contributed by atoms with Crippen molar-refractivity contribution in [3.8, 4) is 0 Å². The highest BCUT2D eigenvalue weighted by Gasteiger charge is 2.35. The number of carbonyl (C=O) groups is 2. The van der Waals surface area contributed by atoms with E-state index in [2.05, 4.69) is 15.6 Å². The Labute approximate surface area is 224 Å². The van der Waals surface area contributed by atoms with Gasteiger partial charge in [-0.2, -0.15) is 13.2 Å². The lowest BCUT2D eigenvalue weighted by Gasteiger charge is -2.34. The van der Waals surface area contributed by atoms with Gasteiger partial charge in [-0.05, 0) is 61.2 Å². The summed E-state index contributed by atoms with van der Waals surface area (Å²) in [5, 5.41) is 5.88. The van der Waals surface area contributed by atoms with Gasteiger partial charge in [0.1, 0.15) is 17.6 Å². The van der Waals surface area contributed by atoms with Crippen LogP contribution in [0, 0.1) is 12.7 Å². The van der Waals surface area contributed by atoms with E-state index in [1.165, 1.54) is 29.2 Å². The summed E-state index contributed by atoms with van der Waals surface area (Å²) in [4.78, 5) is 32.2. The number of pyridine rings is 1. The van der Waals surface area contributed by atoms with Gasteiger partial charge in [0.25, 0.3) is 0 Å². The van der Waals surface area contributed by atoms with Crippen LogP contribution >= 0.6 is 0 Å². The second-order valence-corrected chi connectivity index (χ2v) is 9.63. The Hall–Kier alpha value is -3.95. The van der Waals surface area contributed by atoms with E-state index in [-0.39, 0.29) is 29.9 Å². The van der Waals surface area contributed by atoms with Crippen molar-refractivity contribution in [3.05, 3.63) is 89.5 Å². The predicted molar refractivity (Wildman–Crippen MR) is 141 cm³/mol. The summed E-state index contributed by atoms with van der Waals surface area (Å²) in [5.74, 6) is -1.54. The van der Waals surface area contributed by atoms with Crippen LogP contribution in [0.2, 0.25) is 0 Å². The number of rotatable bonds is 8. The summed E-state index contributed by atoms with van der Waals surface area (Å²) >= 11 is 0. The molecule has 2 aromatic carbocycles. The fourth-order valence-corrected chi connectivity index (χ4v) is 4.81. The van der Waals surface area contributed by atoms with Crippen LogP contribution in [0.25, 0.3) is 0 Å². The lowest BCUT2D eigenvalue weighted by Crippen LogP contribution is -2.48. The predicted octanol–water partition coefficient (Wildman–Crippen LogP) is 6.18. The molecule has 1 atom stereocenters. The highest BCUT2D eigenvalue weighted by Crippen LogP contribution is 2.32. The number of amides is 2. The highest BCUT2D eigenvalue weighted by atomic mass is 19.4. The number of hydrogen-bond donors (Lipinski definition) is 2. The normalized spacial score (nSPS) is 14.9. The minimum atomic E-state index is -4.59. The van der Waals surface area contributed by atoms with Crippen molar-refractivity contribution < 1.29 is 27.2 Å². The topological polar surface area (TPSA) is 74.3 Å². The Morgan fingerprint density at radius 2 is 1.77 bits per heavy atom. The van der Waals surface area contributed by atoms with Crippen molar-refractivity contribution in [2.24, 2.45) is 0 Å². The molecule has 0 aliphatic heterocycles. The van der Waals surface area contributed by atoms with E-state index >= 15 is 0 Å². The van der Waals surface area contributed by atoms with Crippen LogP contribution in [0.15, 0.2) is 66.9 Å². The second kappa shape index (κ2) is 12.3. The highest BCUT2D eigenvalue weighted by molar-refractivity contribution is 6.03. The zero-order chi connectivity index (χ0) is 28.0. The van der Waals surface area contributed by atoms with Crippen molar-refractivity contribution in [1.82, 2.24) is 10.3 Å². The first-order valence-electron chi connectivity index (χ1n) is 12.8. The maximum atomic E-state index is 14.3. The quantitative estimate of drug-likeness (QED) is 0.333. The Balaban J connectivity index is 1.67. The Morgan fingerprint density at radius 1 is 1.03 bits per heavy atom. The molecule has 1 saturated carbocycles. The summed E-state index contributed by atoms with van der Waals surface area (Å²) in [7, 11) is 0. The van der Waals surface area contributed by atoms with Gasteiger partial charge in [0.05, 0.1) is 18.4 Å². The van der Waals surface area contributed by atoms with Gasteiger partial charge in [0.2, 0.25) is 11.8 Å². The first-order valence-corrected chi connectivity index (χ1v) is 12.8. The summed E-state index contributed by atoms with van der Waals surface area (Å²) in [6.07, 6.45) is 1.17. The minimum absolute atomic E-state index is 0.0291. The first-order chi connectivity index (χ1) is 18.6. The van der Waals surface area contributed by atoms with Gasteiger partial charge < -0.3 is 10.6 Å². The minimum Gasteiger partial charge on any atom is -0.375 e. The van der Waals surface area contributed by atoms with E-state index in [1.54, 1.807) is 18.2 Å². The monoisotopic (exact) mass is 542 g/mol. The Kier molecular flexibility index (Phi) is 8.83. The van der Waals surface area contributed by atoms with Crippen LogP contribution in [0.3, 0.4) is 0 Å². The molecule has 6 nitrogen and oxygen atoms in total. The van der Waals surface area contributed by atoms with E-state index in [4.69, 9.17) is 0 Å². The number of halogens is 4. The summed E-state index contributed by atoms with van der Waals surface area (Å²) in [6, 6.07) is 13.4. The van der Waals surface area contributed by atoms with Crippen LogP contribution in [-0.4, -0.2) is 29.4 Å². The third-order valence-electron chi connectivity index (χ3n) is 6.79. The van der Waals surface area contributed by atoms with E-state index in [9.17, 15) is 27.2 Å². The summed E-state index contributed by atoms with van der Waals surface area (Å²) in [6.45, 7) is 1.46. The molecule has 0 radical (unpaired) electrons. The number of nitrogens with zero attached hydrogens (tertiary/aromatic N) is 2. The van der Waals surface area contributed by atoms with Gasteiger partial charge in [-0.1, -0.05) is 49.6 Å². The van der Waals surface area contributed by atoms with E-state index in [0.717, 1.165) is 49.9 Å². The lowest BCUT2D eigenvalue weighted by atomic mass is 9.93. The molecule has 39 heavy (non-hydrogen) atoms. The van der Waals surface area contributed by atoms with Crippen LogP contribution in [-0.2, 0) is 15.8 Å². The van der Waals surface area contributed by atoms with Crippen molar-refractivity contribution in [2.75, 3.05) is 16.8 Å². The second-order valence-electron chi connectivity index (χ2n) is 9.63. The third-order valence-corrected chi connectivity index (χ3v) is 6.79. The number of anilines is 2. The molecule has 1 aliphatic carbocycles. The molecule has 4 rings (SSSR count). The van der Waals surface area contributed by atoms with Gasteiger partial charge in [-0.3, -0.25) is 14.5 Å². The van der Waals surface area contributed by atoms with Crippen LogP contribution < -0.4 is 15.5 Å². The smallest absolute Gasteiger partial charge is 0.375 e. The molecule has 0 bridgehead atoms. The zero-order valence-corrected chi connectivity index (χ0v) is 21.5. The van der Waals surface area contributed by atoms with Gasteiger partial charge >= 0.3 is 6.18 Å². The maximum Gasteiger partial charge on any atom is 0.433 e. The zero-order valence-electron chi connectivity index (χ0n) is 21.5. The molecule has 0 spiro atoms. The molecule has 1 unspecified atom stereocenters. The molecular weight excluding hydrogens is 512 g/mol. The van der Waals surface area contributed by atoms with Crippen LogP contribution in [0.4, 0.5) is 28.9 Å². The Morgan fingerprint density at radius 3 is 2.41 bits per heavy atom. The van der Waals surface area contributed by atoms with Crippen LogP contribution in [0.1, 0.15) is 55.0 Å². The summed E-state index contributed by atoms with van der Waals surface area (Å²) in [5.41, 5.74) is 0.670. The number of nitrogens with one attached hydrogen (secondary N) is 2. The molecule has 1 fully saturated rings. The van der Waals surface area contributed by atoms with Gasteiger partial charge in [0.15, 0.2) is 0 Å². The molecule has 1 aromatic heterocycles. The molecule has 0 saturated heterocycles. The van der Waals surface area contributed by atoms with Crippen molar-refractivity contribution >= 4 is 23.2 Å². The van der Waals surface area contributed by atoms with Crippen molar-refractivity contribution in [1.29, 1.82) is 0 Å². The van der Waals surface area contributed by atoms with Crippen LogP contribution in [0.5, 0.6) is 0 Å². The number of hydrogen-bond acceptors (Lipinski definition) is 4. The molecule has 3 aromatic rings. The maximum absolute atomic E-state index is 14.3. The molecule has 2 N–H and O–H groups in total. The molecule has 10 heteroatoms. The molecular formula is C29H30F4N4O2. The first kappa shape index (κ1) is 28.1. The number of alkyl halides is 3. The molecule has 206 valence electrons. The SMILES string of the molecule is Cc1ccccc1C(C(=O)NC1CCCCC1)N(C(=O)CNc1ccc(C(F)(F)F)nc1)c1cccc(F)c1. The third kappa shape index (κ3) is 7.13. The van der Waals surface area contributed by atoms with E-state index in [1.807, 2.05) is 19.1 Å². The standard InChI is InChI=1S/C29H30F4N4O2/c1-19-8-5-6-13-24(19)27(28(39)36-21-10-3-2-4-11-21)37(23-12-7-9-20(30)16-23)26(38)18-34-22-14-15-25(35-17-22)29(31,32)33/h5-9,12-17,21,27,34H,2-4,10-11,18H2,1H3,(H,36,39). The largest absolute Gasteiger partial charge is 0.433 e. The molecule has 1 aliphatic rings.